The van der Waals surface area contributed by atoms with Crippen LogP contribution in [-0.2, 0) is 6.54 Å². The molecule has 21 heavy (non-hydrogen) atoms. The van der Waals surface area contributed by atoms with E-state index in [1.165, 1.54) is 38.5 Å². The van der Waals surface area contributed by atoms with Crippen molar-refractivity contribution in [3.05, 3.63) is 16.9 Å². The molecule has 4 heteroatoms. The molecule has 1 N–H and O–H groups in total. The third kappa shape index (κ3) is 2.16. The molecular formula is C17H25ClN2O. The Morgan fingerprint density at radius 3 is 2.38 bits per heavy atom. The summed E-state index contributed by atoms with van der Waals surface area (Å²) >= 11 is 6.37. The van der Waals surface area contributed by atoms with Gasteiger partial charge in [-0.2, -0.15) is 5.10 Å². The van der Waals surface area contributed by atoms with Gasteiger partial charge in [-0.25, -0.2) is 0 Å². The van der Waals surface area contributed by atoms with Crippen LogP contribution in [0.25, 0.3) is 0 Å². The predicted octanol–water partition coefficient (Wildman–Crippen LogP) is 4.20. The first-order valence-corrected chi connectivity index (χ1v) is 8.88. The molecule has 4 bridgehead atoms. The molecule has 1 unspecified atom stereocenters. The molecule has 0 radical (unpaired) electrons. The summed E-state index contributed by atoms with van der Waals surface area (Å²) in [6, 6.07) is 0. The van der Waals surface area contributed by atoms with Crippen molar-refractivity contribution in [2.45, 2.75) is 64.5 Å². The number of halogens is 1. The van der Waals surface area contributed by atoms with Gasteiger partial charge in [0.2, 0.25) is 0 Å². The Bertz CT molecular complexity index is 504. The second-order valence-corrected chi connectivity index (χ2v) is 8.19. The highest BCUT2D eigenvalue weighted by molar-refractivity contribution is 6.31. The Hall–Kier alpha value is -0.540. The van der Waals surface area contributed by atoms with E-state index >= 15 is 0 Å². The Kier molecular flexibility index (Phi) is 3.34. The fourth-order valence-corrected chi connectivity index (χ4v) is 6.08. The summed E-state index contributed by atoms with van der Waals surface area (Å²) in [5.74, 6) is 2.52. The van der Waals surface area contributed by atoms with E-state index in [2.05, 4.69) is 12.0 Å². The van der Waals surface area contributed by atoms with E-state index in [1.807, 2.05) is 4.68 Å². The first kappa shape index (κ1) is 14.1. The van der Waals surface area contributed by atoms with Crippen molar-refractivity contribution in [1.29, 1.82) is 0 Å². The van der Waals surface area contributed by atoms with Crippen molar-refractivity contribution in [2.24, 2.45) is 23.2 Å². The molecule has 0 aromatic carbocycles. The third-order valence-electron chi connectivity index (χ3n) is 6.19. The first-order chi connectivity index (χ1) is 10.1. The van der Waals surface area contributed by atoms with Crippen LogP contribution < -0.4 is 0 Å². The van der Waals surface area contributed by atoms with Crippen LogP contribution in [0.1, 0.15) is 63.7 Å². The Morgan fingerprint density at radius 2 is 1.86 bits per heavy atom. The number of hydrogen-bond acceptors (Lipinski definition) is 2. The summed E-state index contributed by atoms with van der Waals surface area (Å²) in [6.45, 7) is 2.97. The summed E-state index contributed by atoms with van der Waals surface area (Å²) in [4.78, 5) is 0. The fraction of sp³-hybridized carbons (Fsp3) is 0.824. The molecule has 0 aliphatic heterocycles. The molecule has 4 aliphatic rings. The third-order valence-corrected chi connectivity index (χ3v) is 6.48. The highest BCUT2D eigenvalue weighted by Gasteiger charge is 2.55. The van der Waals surface area contributed by atoms with Gasteiger partial charge in [0.1, 0.15) is 6.10 Å². The van der Waals surface area contributed by atoms with Crippen LogP contribution in [0.3, 0.4) is 0 Å². The quantitative estimate of drug-likeness (QED) is 0.905. The number of rotatable bonds is 4. The number of nitrogens with zero attached hydrogens (tertiary/aromatic N) is 2. The van der Waals surface area contributed by atoms with Crippen molar-refractivity contribution >= 4 is 11.6 Å². The topological polar surface area (TPSA) is 38.0 Å². The number of hydrogen-bond donors (Lipinski definition) is 1. The van der Waals surface area contributed by atoms with Crippen molar-refractivity contribution in [1.82, 2.24) is 9.78 Å². The van der Waals surface area contributed by atoms with Crippen LogP contribution in [0, 0.1) is 23.2 Å². The van der Waals surface area contributed by atoms with Gasteiger partial charge in [-0.05, 0) is 62.7 Å². The average molecular weight is 309 g/mol. The van der Waals surface area contributed by atoms with Gasteiger partial charge in [0.15, 0.2) is 0 Å². The standard InChI is InChI=1S/C17H25ClN2O/c1-2-3-20-15(14(18)10-19-20)16(21)17-7-11-4-12(8-17)6-13(5-11)9-17/h10-13,16,21H,2-9H2,1H3. The smallest absolute Gasteiger partial charge is 0.103 e. The number of aliphatic hydroxyl groups is 1. The zero-order valence-electron chi connectivity index (χ0n) is 12.8. The molecule has 116 valence electrons. The molecule has 4 saturated carbocycles. The van der Waals surface area contributed by atoms with Gasteiger partial charge in [0.05, 0.1) is 16.9 Å². The van der Waals surface area contributed by atoms with E-state index in [0.29, 0.717) is 5.02 Å². The molecule has 5 rings (SSSR count). The fourth-order valence-electron chi connectivity index (χ4n) is 5.84. The number of aromatic nitrogens is 2. The molecular weight excluding hydrogens is 284 g/mol. The van der Waals surface area contributed by atoms with Crippen molar-refractivity contribution in [3.63, 3.8) is 0 Å². The lowest BCUT2D eigenvalue weighted by Gasteiger charge is -2.58. The molecule has 0 amide bonds. The Balaban J connectivity index is 1.68. The van der Waals surface area contributed by atoms with E-state index in [0.717, 1.165) is 36.4 Å². The van der Waals surface area contributed by atoms with E-state index in [9.17, 15) is 5.11 Å². The van der Waals surface area contributed by atoms with Gasteiger partial charge < -0.3 is 5.11 Å². The highest BCUT2D eigenvalue weighted by atomic mass is 35.5. The molecule has 1 aromatic heterocycles. The normalized spacial score (nSPS) is 38.9. The van der Waals surface area contributed by atoms with E-state index in [4.69, 9.17) is 11.6 Å². The lowest BCUT2D eigenvalue weighted by molar-refractivity contribution is -0.124. The minimum absolute atomic E-state index is 0.0733. The zero-order chi connectivity index (χ0) is 14.6. The summed E-state index contributed by atoms with van der Waals surface area (Å²) in [5, 5.41) is 16.2. The second kappa shape index (κ2) is 4.99. The molecule has 1 atom stereocenters. The minimum Gasteiger partial charge on any atom is -0.386 e. The van der Waals surface area contributed by atoms with Crippen molar-refractivity contribution < 1.29 is 5.11 Å². The molecule has 0 spiro atoms. The molecule has 0 saturated heterocycles. The van der Waals surface area contributed by atoms with Gasteiger partial charge in [-0.3, -0.25) is 4.68 Å². The molecule has 4 fully saturated rings. The van der Waals surface area contributed by atoms with E-state index < -0.39 is 6.10 Å². The Labute approximate surface area is 131 Å². The van der Waals surface area contributed by atoms with E-state index in [-0.39, 0.29) is 5.41 Å². The SMILES string of the molecule is CCCn1ncc(Cl)c1C(O)C12CC3CC(CC(C3)C1)C2. The monoisotopic (exact) mass is 308 g/mol. The second-order valence-electron chi connectivity index (χ2n) is 7.78. The molecule has 1 heterocycles. The Morgan fingerprint density at radius 1 is 1.29 bits per heavy atom. The first-order valence-electron chi connectivity index (χ1n) is 8.50. The minimum atomic E-state index is -0.438. The maximum atomic E-state index is 11.2. The van der Waals surface area contributed by atoms with Crippen LogP contribution in [0.15, 0.2) is 6.20 Å². The lowest BCUT2D eigenvalue weighted by Crippen LogP contribution is -2.49. The largest absolute Gasteiger partial charge is 0.386 e. The van der Waals surface area contributed by atoms with Crippen LogP contribution in [0.4, 0.5) is 0 Å². The van der Waals surface area contributed by atoms with Crippen molar-refractivity contribution in [2.75, 3.05) is 0 Å². The summed E-state index contributed by atoms with van der Waals surface area (Å²) < 4.78 is 1.94. The van der Waals surface area contributed by atoms with Crippen LogP contribution in [-0.4, -0.2) is 14.9 Å². The number of aliphatic hydroxyl groups excluding tert-OH is 1. The predicted molar refractivity (Wildman–Crippen MR) is 83.1 cm³/mol. The highest BCUT2D eigenvalue weighted by Crippen LogP contribution is 2.64. The van der Waals surface area contributed by atoms with Gasteiger partial charge in [0, 0.05) is 12.0 Å². The maximum absolute atomic E-state index is 11.2. The van der Waals surface area contributed by atoms with Crippen LogP contribution in [0.5, 0.6) is 0 Å². The summed E-state index contributed by atoms with van der Waals surface area (Å²) in [5.41, 5.74) is 0.949. The average Bonchev–Trinajstić information content (AvgIpc) is 2.78. The van der Waals surface area contributed by atoms with E-state index in [1.54, 1.807) is 6.20 Å². The van der Waals surface area contributed by atoms with Gasteiger partial charge in [-0.1, -0.05) is 18.5 Å². The van der Waals surface area contributed by atoms with Crippen LogP contribution in [0.2, 0.25) is 5.02 Å². The van der Waals surface area contributed by atoms with Gasteiger partial charge in [0.25, 0.3) is 0 Å². The molecule has 1 aromatic rings. The zero-order valence-corrected chi connectivity index (χ0v) is 13.5. The number of aryl methyl sites for hydroxylation is 1. The summed E-state index contributed by atoms with van der Waals surface area (Å²) in [6.07, 6.45) is 10.0. The van der Waals surface area contributed by atoms with Crippen molar-refractivity contribution in [3.8, 4) is 0 Å². The molecule has 3 nitrogen and oxygen atoms in total. The maximum Gasteiger partial charge on any atom is 0.103 e. The van der Waals surface area contributed by atoms with Crippen LogP contribution >= 0.6 is 11.6 Å². The van der Waals surface area contributed by atoms with Gasteiger partial charge >= 0.3 is 0 Å². The lowest BCUT2D eigenvalue weighted by atomic mass is 9.48. The molecule has 4 aliphatic carbocycles. The summed E-state index contributed by atoms with van der Waals surface area (Å²) in [7, 11) is 0. The van der Waals surface area contributed by atoms with Gasteiger partial charge in [-0.15, -0.1) is 0 Å².